The maximum Gasteiger partial charge on any atom is 0.242 e. The first kappa shape index (κ1) is 22.8. The highest BCUT2D eigenvalue weighted by atomic mass is 16.2. The quantitative estimate of drug-likeness (QED) is 0.442. The van der Waals surface area contributed by atoms with Crippen LogP contribution in [-0.2, 0) is 22.7 Å². The summed E-state index contributed by atoms with van der Waals surface area (Å²) in [6.45, 7) is 3.79. The van der Waals surface area contributed by atoms with Crippen LogP contribution in [0.2, 0.25) is 0 Å². The Kier molecular flexibility index (Phi) is 6.59. The molecule has 35 heavy (non-hydrogen) atoms. The van der Waals surface area contributed by atoms with Crippen molar-refractivity contribution in [3.05, 3.63) is 94.6 Å². The van der Waals surface area contributed by atoms with Gasteiger partial charge < -0.3 is 14.8 Å². The van der Waals surface area contributed by atoms with Crippen molar-refractivity contribution in [1.82, 2.24) is 19.7 Å². The number of carbonyl (C=O) groups is 2. The molecule has 5 rings (SSSR count). The Bertz CT molecular complexity index is 1360. The van der Waals surface area contributed by atoms with Gasteiger partial charge in [-0.05, 0) is 29.8 Å². The average molecular weight is 469 g/mol. The Morgan fingerprint density at radius 3 is 1.94 bits per heavy atom. The van der Waals surface area contributed by atoms with Gasteiger partial charge in [0.05, 0.1) is 17.6 Å². The van der Waals surface area contributed by atoms with Crippen LogP contribution in [0, 0.1) is 0 Å². The minimum absolute atomic E-state index is 0.0272. The first-order chi connectivity index (χ1) is 17.1. The molecule has 0 unspecified atom stereocenters. The van der Waals surface area contributed by atoms with Gasteiger partial charge in [0.15, 0.2) is 5.43 Å². The molecule has 1 fully saturated rings. The van der Waals surface area contributed by atoms with Crippen LogP contribution in [0.4, 0.5) is 0 Å². The Morgan fingerprint density at radius 2 is 1.31 bits per heavy atom. The Hall–Kier alpha value is -3.97. The number of piperazine rings is 1. The molecule has 7 heteroatoms. The number of hydrogen-bond donors (Lipinski definition) is 1. The Morgan fingerprint density at radius 1 is 0.743 bits per heavy atom. The molecule has 1 aromatic heterocycles. The smallest absolute Gasteiger partial charge is 0.242 e. The van der Waals surface area contributed by atoms with E-state index < -0.39 is 0 Å². The van der Waals surface area contributed by atoms with E-state index in [9.17, 15) is 14.4 Å². The molecular formula is C28H28N4O3. The molecule has 2 heterocycles. The fourth-order valence-electron chi connectivity index (χ4n) is 4.73. The minimum atomic E-state index is -0.264. The van der Waals surface area contributed by atoms with Gasteiger partial charge in [-0.1, -0.05) is 54.6 Å². The van der Waals surface area contributed by atoms with Crippen molar-refractivity contribution < 1.29 is 9.59 Å². The maximum atomic E-state index is 12.9. The van der Waals surface area contributed by atoms with Crippen molar-refractivity contribution in [1.29, 1.82) is 0 Å². The highest BCUT2D eigenvalue weighted by Crippen LogP contribution is 2.19. The van der Waals surface area contributed by atoms with Crippen LogP contribution in [0.15, 0.2) is 83.7 Å². The van der Waals surface area contributed by atoms with E-state index in [1.54, 1.807) is 12.1 Å². The average Bonchev–Trinajstić information content (AvgIpc) is 2.91. The Balaban J connectivity index is 1.20. The van der Waals surface area contributed by atoms with Gasteiger partial charge in [0.1, 0.15) is 6.54 Å². The summed E-state index contributed by atoms with van der Waals surface area (Å²) in [5.41, 5.74) is 2.62. The van der Waals surface area contributed by atoms with Gasteiger partial charge in [-0.25, -0.2) is 0 Å². The van der Waals surface area contributed by atoms with Crippen LogP contribution >= 0.6 is 0 Å². The predicted molar refractivity (Wildman–Crippen MR) is 137 cm³/mol. The van der Waals surface area contributed by atoms with Crippen molar-refractivity contribution in [2.24, 2.45) is 0 Å². The van der Waals surface area contributed by atoms with Gasteiger partial charge in [0.2, 0.25) is 11.8 Å². The molecule has 3 aromatic carbocycles. The van der Waals surface area contributed by atoms with E-state index in [0.717, 1.165) is 19.6 Å². The summed E-state index contributed by atoms with van der Waals surface area (Å²) in [5, 5.41) is 3.93. The van der Waals surface area contributed by atoms with E-state index in [2.05, 4.69) is 22.3 Å². The molecule has 7 nitrogen and oxygen atoms in total. The van der Waals surface area contributed by atoms with Crippen molar-refractivity contribution in [2.45, 2.75) is 13.1 Å². The van der Waals surface area contributed by atoms with E-state index in [1.807, 2.05) is 64.1 Å². The molecule has 0 aliphatic carbocycles. The monoisotopic (exact) mass is 468 g/mol. The lowest BCUT2D eigenvalue weighted by molar-refractivity contribution is -0.134. The third kappa shape index (κ3) is 4.95. The van der Waals surface area contributed by atoms with Crippen molar-refractivity contribution in [3.8, 4) is 0 Å². The molecular weight excluding hydrogens is 440 g/mol. The summed E-state index contributed by atoms with van der Waals surface area (Å²) in [7, 11) is 0. The molecule has 0 spiro atoms. The lowest BCUT2D eigenvalue weighted by Crippen LogP contribution is -2.51. The van der Waals surface area contributed by atoms with Gasteiger partial charge >= 0.3 is 0 Å². The second-order valence-electron chi connectivity index (χ2n) is 8.87. The largest absolute Gasteiger partial charge is 0.345 e. The minimum Gasteiger partial charge on any atom is -0.345 e. The first-order valence-electron chi connectivity index (χ1n) is 11.9. The number of carbonyl (C=O) groups excluding carboxylic acids is 2. The van der Waals surface area contributed by atoms with E-state index in [1.165, 1.54) is 5.56 Å². The van der Waals surface area contributed by atoms with Crippen molar-refractivity contribution in [3.63, 3.8) is 0 Å². The predicted octanol–water partition coefficient (Wildman–Crippen LogP) is 2.62. The SMILES string of the molecule is O=C(Cn1c2ccccc2c(=O)c2ccccc21)NCC(=O)N1CCN(Cc2ccccc2)CC1. The summed E-state index contributed by atoms with van der Waals surface area (Å²) >= 11 is 0. The summed E-state index contributed by atoms with van der Waals surface area (Å²) < 4.78 is 1.84. The maximum absolute atomic E-state index is 12.9. The number of para-hydroxylation sites is 2. The van der Waals surface area contributed by atoms with E-state index in [4.69, 9.17) is 0 Å². The van der Waals surface area contributed by atoms with Crippen molar-refractivity contribution >= 4 is 33.6 Å². The van der Waals surface area contributed by atoms with Gasteiger partial charge in [0, 0.05) is 43.5 Å². The second-order valence-corrected chi connectivity index (χ2v) is 8.87. The number of hydrogen-bond acceptors (Lipinski definition) is 4. The third-order valence-corrected chi connectivity index (χ3v) is 6.59. The van der Waals surface area contributed by atoms with Crippen LogP contribution in [-0.4, -0.2) is 58.9 Å². The zero-order chi connectivity index (χ0) is 24.2. The van der Waals surface area contributed by atoms with E-state index >= 15 is 0 Å². The molecule has 1 saturated heterocycles. The van der Waals surface area contributed by atoms with Crippen molar-refractivity contribution in [2.75, 3.05) is 32.7 Å². The molecule has 0 bridgehead atoms. The number of nitrogens with one attached hydrogen (secondary N) is 1. The topological polar surface area (TPSA) is 74.6 Å². The molecule has 2 amide bonds. The van der Waals surface area contributed by atoms with Gasteiger partial charge in [0.25, 0.3) is 0 Å². The fourth-order valence-corrected chi connectivity index (χ4v) is 4.73. The zero-order valence-corrected chi connectivity index (χ0v) is 19.5. The Labute approximate surface area is 203 Å². The van der Waals surface area contributed by atoms with Crippen LogP contribution in [0.1, 0.15) is 5.56 Å². The number of fused-ring (bicyclic) bond motifs is 2. The lowest BCUT2D eigenvalue weighted by atomic mass is 10.1. The van der Waals surface area contributed by atoms with Crippen LogP contribution in [0.3, 0.4) is 0 Å². The number of rotatable bonds is 6. The number of pyridine rings is 1. The first-order valence-corrected chi connectivity index (χ1v) is 11.9. The summed E-state index contributed by atoms with van der Waals surface area (Å²) in [6, 6.07) is 24.9. The molecule has 0 atom stereocenters. The summed E-state index contributed by atoms with van der Waals surface area (Å²) in [5.74, 6) is -0.340. The molecule has 4 aromatic rings. The van der Waals surface area contributed by atoms with Crippen LogP contribution < -0.4 is 10.7 Å². The van der Waals surface area contributed by atoms with E-state index in [-0.39, 0.29) is 30.3 Å². The van der Waals surface area contributed by atoms with Gasteiger partial charge in [-0.2, -0.15) is 0 Å². The van der Waals surface area contributed by atoms with Gasteiger partial charge in [-0.15, -0.1) is 0 Å². The summed E-state index contributed by atoms with van der Waals surface area (Å²) in [6.07, 6.45) is 0. The van der Waals surface area contributed by atoms with E-state index in [0.29, 0.717) is 34.9 Å². The standard InChI is InChI=1S/C28H28N4O3/c33-26(20-32-24-12-6-4-10-22(24)28(35)23-11-5-7-13-25(23)32)29-18-27(34)31-16-14-30(15-17-31)19-21-8-2-1-3-9-21/h1-13H,14-20H2,(H,29,33). The summed E-state index contributed by atoms with van der Waals surface area (Å²) in [4.78, 5) is 42.6. The number of benzene rings is 3. The number of aromatic nitrogens is 1. The molecule has 1 N–H and O–H groups in total. The molecule has 0 saturated carbocycles. The normalized spacial score (nSPS) is 14.3. The number of amides is 2. The van der Waals surface area contributed by atoms with Crippen LogP contribution in [0.5, 0.6) is 0 Å². The highest BCUT2D eigenvalue weighted by Gasteiger charge is 2.21. The fraction of sp³-hybridized carbons (Fsp3) is 0.250. The lowest BCUT2D eigenvalue weighted by Gasteiger charge is -2.34. The number of nitrogens with zero attached hydrogens (tertiary/aromatic N) is 3. The second kappa shape index (κ2) is 10.1. The molecule has 178 valence electrons. The zero-order valence-electron chi connectivity index (χ0n) is 19.5. The highest BCUT2D eigenvalue weighted by molar-refractivity contribution is 5.95. The third-order valence-electron chi connectivity index (χ3n) is 6.59. The molecule has 0 radical (unpaired) electrons. The van der Waals surface area contributed by atoms with Crippen LogP contribution in [0.25, 0.3) is 21.8 Å². The molecule has 1 aliphatic rings. The van der Waals surface area contributed by atoms with Gasteiger partial charge in [-0.3, -0.25) is 19.3 Å². The molecule has 1 aliphatic heterocycles.